The average molecular weight is 563 g/mol. The first-order valence-electron chi connectivity index (χ1n) is 15.1. The Kier molecular flexibility index (Phi) is 7.25. The Bertz CT molecular complexity index is 1920. The zero-order chi connectivity index (χ0) is 29.6. The molecule has 0 N–H and O–H groups in total. The van der Waals surface area contributed by atoms with E-state index in [9.17, 15) is 4.79 Å². The van der Waals surface area contributed by atoms with Gasteiger partial charge >= 0.3 is 0 Å². The highest BCUT2D eigenvalue weighted by atomic mass is 28.3. The maximum atomic E-state index is 11.5. The van der Waals surface area contributed by atoms with Gasteiger partial charge in [0.2, 0.25) is 0 Å². The monoisotopic (exact) mass is 562 g/mol. The SMILES string of the molecule is CC(C)[Si](C#Cc1c2cc3ccccc3cc2c(-c2ccc(C=O)cc2)c2cc3ccccc3cc12)(C(C)C)C(C)C. The first-order chi connectivity index (χ1) is 20.2. The van der Waals surface area contributed by atoms with Gasteiger partial charge in [0.1, 0.15) is 14.4 Å². The molecule has 6 aromatic carbocycles. The number of carbonyl (C=O) groups excluding carboxylic acids is 1. The highest BCUT2D eigenvalue weighted by Crippen LogP contribution is 2.44. The van der Waals surface area contributed by atoms with E-state index in [4.69, 9.17) is 0 Å². The molecule has 0 unspecified atom stereocenters. The third-order valence-electron chi connectivity index (χ3n) is 9.45. The van der Waals surface area contributed by atoms with Crippen LogP contribution >= 0.6 is 0 Å². The molecule has 0 aliphatic rings. The van der Waals surface area contributed by atoms with Crippen molar-refractivity contribution in [2.75, 3.05) is 0 Å². The van der Waals surface area contributed by atoms with Crippen LogP contribution in [0.1, 0.15) is 57.5 Å². The van der Waals surface area contributed by atoms with Gasteiger partial charge in [0, 0.05) is 11.1 Å². The topological polar surface area (TPSA) is 17.1 Å². The molecule has 0 spiro atoms. The van der Waals surface area contributed by atoms with Gasteiger partial charge in [-0.15, -0.1) is 5.54 Å². The van der Waals surface area contributed by atoms with Crippen molar-refractivity contribution in [3.8, 4) is 22.6 Å². The maximum Gasteiger partial charge on any atom is 0.150 e. The van der Waals surface area contributed by atoms with Crippen molar-refractivity contribution >= 4 is 57.4 Å². The number of aldehydes is 1. The molecule has 208 valence electrons. The highest BCUT2D eigenvalue weighted by molar-refractivity contribution is 6.90. The zero-order valence-electron chi connectivity index (χ0n) is 25.5. The minimum absolute atomic E-state index is 0.555. The molecule has 0 atom stereocenters. The fraction of sp³-hybridized carbons (Fsp3) is 0.225. The summed E-state index contributed by atoms with van der Waals surface area (Å²) in [6, 6.07) is 34.6. The second-order valence-corrected chi connectivity index (χ2v) is 18.2. The molecule has 2 heteroatoms. The second kappa shape index (κ2) is 10.9. The van der Waals surface area contributed by atoms with Crippen LogP contribution in [0.15, 0.2) is 97.1 Å². The summed E-state index contributed by atoms with van der Waals surface area (Å²) in [5.41, 5.74) is 9.83. The number of hydrogen-bond donors (Lipinski definition) is 0. The molecule has 0 aliphatic heterocycles. The van der Waals surface area contributed by atoms with E-state index >= 15 is 0 Å². The van der Waals surface area contributed by atoms with Gasteiger partial charge in [0.25, 0.3) is 0 Å². The Balaban J connectivity index is 1.83. The summed E-state index contributed by atoms with van der Waals surface area (Å²) >= 11 is 0. The number of rotatable bonds is 5. The molecule has 0 saturated heterocycles. The van der Waals surface area contributed by atoms with Crippen molar-refractivity contribution in [2.24, 2.45) is 0 Å². The fourth-order valence-electron chi connectivity index (χ4n) is 7.38. The largest absolute Gasteiger partial charge is 0.298 e. The smallest absolute Gasteiger partial charge is 0.150 e. The van der Waals surface area contributed by atoms with Crippen LogP contribution in [0.25, 0.3) is 54.2 Å². The molecule has 1 nitrogen and oxygen atoms in total. The van der Waals surface area contributed by atoms with Crippen LogP contribution in [-0.4, -0.2) is 14.4 Å². The second-order valence-electron chi connectivity index (χ2n) is 12.6. The van der Waals surface area contributed by atoms with E-state index in [-0.39, 0.29) is 0 Å². The van der Waals surface area contributed by atoms with Crippen molar-refractivity contribution in [3.05, 3.63) is 108 Å². The maximum absolute atomic E-state index is 11.5. The van der Waals surface area contributed by atoms with E-state index in [0.717, 1.165) is 17.4 Å². The molecule has 6 aromatic rings. The summed E-state index contributed by atoms with van der Waals surface area (Å²) in [6.07, 6.45) is 0.911. The molecule has 6 rings (SSSR count). The third kappa shape index (κ3) is 4.53. The minimum atomic E-state index is -1.97. The molecule has 0 aromatic heterocycles. The number of hydrogen-bond acceptors (Lipinski definition) is 1. The van der Waals surface area contributed by atoms with Gasteiger partial charge in [-0.05, 0) is 95.1 Å². The average Bonchev–Trinajstić information content (AvgIpc) is 2.98. The van der Waals surface area contributed by atoms with Gasteiger partial charge in [-0.2, -0.15) is 0 Å². The molecule has 0 aliphatic carbocycles. The molecule has 0 saturated carbocycles. The number of fused-ring (bicyclic) bond motifs is 4. The van der Waals surface area contributed by atoms with E-state index in [2.05, 4.69) is 138 Å². The van der Waals surface area contributed by atoms with Gasteiger partial charge < -0.3 is 0 Å². The predicted molar refractivity (Wildman–Crippen MR) is 185 cm³/mol. The van der Waals surface area contributed by atoms with Gasteiger partial charge in [0.05, 0.1) is 0 Å². The lowest BCUT2D eigenvalue weighted by Crippen LogP contribution is -2.43. The van der Waals surface area contributed by atoms with Crippen LogP contribution in [0.4, 0.5) is 0 Å². The normalized spacial score (nSPS) is 12.1. The lowest BCUT2D eigenvalue weighted by atomic mass is 9.86. The lowest BCUT2D eigenvalue weighted by molar-refractivity contribution is 0.112. The van der Waals surface area contributed by atoms with Crippen LogP contribution in [-0.2, 0) is 0 Å². The minimum Gasteiger partial charge on any atom is -0.298 e. The summed E-state index contributed by atoms with van der Waals surface area (Å²) in [7, 11) is -1.97. The van der Waals surface area contributed by atoms with Gasteiger partial charge in [-0.3, -0.25) is 4.79 Å². The quantitative estimate of drug-likeness (QED) is 0.0884. The molecule has 0 bridgehead atoms. The first-order valence-corrected chi connectivity index (χ1v) is 17.4. The van der Waals surface area contributed by atoms with Gasteiger partial charge in [0.15, 0.2) is 0 Å². The summed E-state index contributed by atoms with van der Waals surface area (Å²) in [5, 5.41) is 9.65. The summed E-state index contributed by atoms with van der Waals surface area (Å²) in [6.45, 7) is 14.3. The van der Waals surface area contributed by atoms with E-state index in [1.54, 1.807) is 0 Å². The Morgan fingerprint density at radius 3 is 1.36 bits per heavy atom. The molecule has 42 heavy (non-hydrogen) atoms. The molecule has 0 fully saturated rings. The Labute approximate surface area is 250 Å². The third-order valence-corrected chi connectivity index (χ3v) is 15.7. The van der Waals surface area contributed by atoms with Crippen molar-refractivity contribution in [1.29, 1.82) is 0 Å². The lowest BCUT2D eigenvalue weighted by Gasteiger charge is -2.38. The van der Waals surface area contributed by atoms with Crippen LogP contribution < -0.4 is 0 Å². The molecule has 0 heterocycles. The van der Waals surface area contributed by atoms with Gasteiger partial charge in [-0.1, -0.05) is 120 Å². The van der Waals surface area contributed by atoms with Crippen LogP contribution in [0.2, 0.25) is 16.6 Å². The van der Waals surface area contributed by atoms with Crippen LogP contribution in [0.3, 0.4) is 0 Å². The van der Waals surface area contributed by atoms with Crippen LogP contribution in [0.5, 0.6) is 0 Å². The van der Waals surface area contributed by atoms with Crippen molar-refractivity contribution in [1.82, 2.24) is 0 Å². The highest BCUT2D eigenvalue weighted by Gasteiger charge is 2.41. The Morgan fingerprint density at radius 2 is 0.976 bits per heavy atom. The molecular weight excluding hydrogens is 525 g/mol. The Morgan fingerprint density at radius 1 is 0.571 bits per heavy atom. The predicted octanol–water partition coefficient (Wildman–Crippen LogP) is 11.3. The Hall–Kier alpha value is -4.19. The van der Waals surface area contributed by atoms with E-state index < -0.39 is 8.07 Å². The molecule has 0 amide bonds. The number of benzene rings is 6. The van der Waals surface area contributed by atoms with Crippen LogP contribution in [0, 0.1) is 11.5 Å². The summed E-state index contributed by atoms with van der Waals surface area (Å²) in [5.74, 6) is 3.91. The van der Waals surface area contributed by atoms with Crippen molar-refractivity contribution in [2.45, 2.75) is 58.2 Å². The summed E-state index contributed by atoms with van der Waals surface area (Å²) < 4.78 is 0. The van der Waals surface area contributed by atoms with E-state index in [0.29, 0.717) is 22.2 Å². The zero-order valence-corrected chi connectivity index (χ0v) is 26.5. The standard InChI is InChI=1S/C40H38OSi/c1-26(2)42(27(3)4,28(5)6)20-19-35-36-21-31-11-7-9-13-33(31)23-38(36)40(30-17-15-29(25-41)16-18-30)39-24-34-14-10-8-12-32(34)22-37(35)39/h7-18,21-28H,1-6H3. The van der Waals surface area contributed by atoms with Crippen molar-refractivity contribution < 1.29 is 4.79 Å². The first kappa shape index (κ1) is 28.0. The summed E-state index contributed by atoms with van der Waals surface area (Å²) in [4.78, 5) is 11.5. The number of carbonyl (C=O) groups is 1. The van der Waals surface area contributed by atoms with E-state index in [1.807, 2.05) is 12.1 Å². The van der Waals surface area contributed by atoms with E-state index in [1.165, 1.54) is 48.7 Å². The molecular formula is C40H38OSi. The molecule has 0 radical (unpaired) electrons. The van der Waals surface area contributed by atoms with Crippen molar-refractivity contribution in [3.63, 3.8) is 0 Å². The van der Waals surface area contributed by atoms with Gasteiger partial charge in [-0.25, -0.2) is 0 Å². The fourth-order valence-corrected chi connectivity index (χ4v) is 12.6.